The molecular weight excluding hydrogens is 260 g/mol. The predicted molar refractivity (Wildman–Crippen MR) is 68.1 cm³/mol. The Morgan fingerprint density at radius 3 is 1.33 bits per heavy atom. The van der Waals surface area contributed by atoms with Crippen LogP contribution in [0.15, 0.2) is 10.2 Å². The van der Waals surface area contributed by atoms with Crippen LogP contribution in [0.1, 0.15) is 27.7 Å². The predicted octanol–water partition coefficient (Wildman–Crippen LogP) is 2.52. The fourth-order valence-electron chi connectivity index (χ4n) is 0.532. The summed E-state index contributed by atoms with van der Waals surface area (Å²) in [6.07, 6.45) is 0.895. The molecule has 0 aromatic heterocycles. The minimum absolute atomic E-state index is 0.289. The Kier molecular flexibility index (Phi) is 11.7. The van der Waals surface area contributed by atoms with Crippen molar-refractivity contribution in [3.05, 3.63) is 0 Å². The number of hydrogen-bond donors (Lipinski definition) is 0. The van der Waals surface area contributed by atoms with Gasteiger partial charge in [0, 0.05) is 0 Å². The highest BCUT2D eigenvalue weighted by Crippen LogP contribution is 1.96. The normalized spacial score (nSPS) is 10.6. The second kappa shape index (κ2) is 11.0. The van der Waals surface area contributed by atoms with Gasteiger partial charge in [0.05, 0.1) is 24.7 Å². The molecule has 0 atom stereocenters. The van der Waals surface area contributed by atoms with Gasteiger partial charge in [-0.2, -0.15) is 0 Å². The van der Waals surface area contributed by atoms with Crippen molar-refractivity contribution in [2.75, 3.05) is 12.5 Å². The van der Waals surface area contributed by atoms with Gasteiger partial charge < -0.3 is 14.0 Å². The minimum atomic E-state index is -0.902. The van der Waals surface area contributed by atoms with Crippen LogP contribution in [0.5, 0.6) is 0 Å². The van der Waals surface area contributed by atoms with Gasteiger partial charge in [-0.1, -0.05) is 21.4 Å². The molecule has 8 heteroatoms. The molecular formula is C10H20N2O5S. The minimum Gasteiger partial charge on any atom is -0.617 e. The van der Waals surface area contributed by atoms with Crippen LogP contribution in [-0.4, -0.2) is 41.5 Å². The maximum absolute atomic E-state index is 10.8. The number of ether oxygens (including phenoxy) is 2. The molecule has 0 aromatic rings. The van der Waals surface area contributed by atoms with Gasteiger partial charge in [0.1, 0.15) is 0 Å². The van der Waals surface area contributed by atoms with Crippen LogP contribution in [0.4, 0.5) is 9.59 Å². The second-order valence-electron chi connectivity index (χ2n) is 3.81. The lowest BCUT2D eigenvalue weighted by Gasteiger charge is -2.03. The van der Waals surface area contributed by atoms with Crippen LogP contribution in [0.3, 0.4) is 0 Å². The van der Waals surface area contributed by atoms with E-state index in [9.17, 15) is 14.1 Å². The summed E-state index contributed by atoms with van der Waals surface area (Å²) < 4.78 is 18.8. The molecule has 0 heterocycles. The van der Waals surface area contributed by atoms with Crippen molar-refractivity contribution >= 4 is 23.4 Å². The lowest BCUT2D eigenvalue weighted by atomic mass is 10.5. The maximum Gasteiger partial charge on any atom is 0.452 e. The summed E-state index contributed by atoms with van der Waals surface area (Å²) >= 11 is -0.611. The van der Waals surface area contributed by atoms with Crippen LogP contribution in [0.2, 0.25) is 0 Å². The molecule has 0 bridgehead atoms. The van der Waals surface area contributed by atoms with Crippen LogP contribution in [0.25, 0.3) is 0 Å². The third kappa shape index (κ3) is 20.3. The topological polar surface area (TPSA) is 100 Å². The van der Waals surface area contributed by atoms with Gasteiger partial charge in [-0.15, -0.1) is 0 Å². The Labute approximate surface area is 110 Å². The Balaban J connectivity index is 0. The lowest BCUT2D eigenvalue weighted by molar-refractivity contribution is 0.115. The molecule has 2 amide bonds. The van der Waals surface area contributed by atoms with Crippen molar-refractivity contribution in [1.29, 1.82) is 0 Å². The third-order valence-electron chi connectivity index (χ3n) is 0.886. The lowest BCUT2D eigenvalue weighted by Crippen LogP contribution is -2.09. The van der Waals surface area contributed by atoms with Gasteiger partial charge in [-0.3, -0.25) is 0 Å². The van der Waals surface area contributed by atoms with E-state index in [0.29, 0.717) is 0 Å². The molecule has 0 aromatic carbocycles. The summed E-state index contributed by atoms with van der Waals surface area (Å²) in [4.78, 5) is 21.5. The number of rotatable bonds is 2. The van der Waals surface area contributed by atoms with Crippen LogP contribution < -0.4 is 0 Å². The molecule has 0 aliphatic rings. The maximum atomic E-state index is 10.8. The molecule has 0 N–H and O–H groups in total. The highest BCUT2D eigenvalue weighted by atomic mass is 32.2. The second-order valence-corrected chi connectivity index (χ2v) is 5.29. The van der Waals surface area contributed by atoms with Gasteiger partial charge in [0.15, 0.2) is 0 Å². The molecule has 0 aliphatic heterocycles. The van der Waals surface area contributed by atoms with Gasteiger partial charge >= 0.3 is 12.2 Å². The summed E-state index contributed by atoms with van der Waals surface area (Å²) in [5.41, 5.74) is 0. The molecule has 0 saturated carbocycles. The standard InChI is InChI=1S/C8H14N2O4.C2H6OS/c1-5(2)13-7(11)9-10-8(12)14-6(3)4;1-4(2)3/h5-6H,1-4H3;1-2H3. The Hall–Kier alpha value is -1.15. The van der Waals surface area contributed by atoms with E-state index in [1.165, 1.54) is 0 Å². The summed E-state index contributed by atoms with van der Waals surface area (Å²) in [7, 11) is 0. The zero-order chi connectivity index (χ0) is 14.7. The summed E-state index contributed by atoms with van der Waals surface area (Å²) in [6, 6.07) is 0. The molecule has 106 valence electrons. The smallest absolute Gasteiger partial charge is 0.452 e. The highest BCUT2D eigenvalue weighted by molar-refractivity contribution is 7.89. The summed E-state index contributed by atoms with van der Waals surface area (Å²) in [5, 5.41) is 6.01. The number of nitrogens with zero attached hydrogens (tertiary/aromatic N) is 2. The van der Waals surface area contributed by atoms with Crippen molar-refractivity contribution < 1.29 is 23.6 Å². The molecule has 7 nitrogen and oxygen atoms in total. The zero-order valence-electron chi connectivity index (χ0n) is 11.5. The monoisotopic (exact) mass is 280 g/mol. The Morgan fingerprint density at radius 2 is 1.17 bits per heavy atom. The fourth-order valence-corrected chi connectivity index (χ4v) is 0.532. The number of hydrogen-bond acceptors (Lipinski definition) is 5. The number of amides is 2. The van der Waals surface area contributed by atoms with Crippen LogP contribution >= 0.6 is 0 Å². The van der Waals surface area contributed by atoms with E-state index >= 15 is 0 Å². The zero-order valence-corrected chi connectivity index (χ0v) is 12.3. The van der Waals surface area contributed by atoms with Gasteiger partial charge in [-0.25, -0.2) is 9.59 Å². The summed E-state index contributed by atoms with van der Waals surface area (Å²) in [5.74, 6) is 0. The van der Waals surface area contributed by atoms with Crippen molar-refractivity contribution in [3.63, 3.8) is 0 Å². The highest BCUT2D eigenvalue weighted by Gasteiger charge is 2.06. The van der Waals surface area contributed by atoms with Crippen molar-refractivity contribution in [3.8, 4) is 0 Å². The van der Waals surface area contributed by atoms with E-state index in [1.54, 1.807) is 40.2 Å². The van der Waals surface area contributed by atoms with E-state index in [-0.39, 0.29) is 12.2 Å². The van der Waals surface area contributed by atoms with E-state index in [0.717, 1.165) is 0 Å². The largest absolute Gasteiger partial charge is 0.617 e. The Morgan fingerprint density at radius 1 is 0.944 bits per heavy atom. The van der Waals surface area contributed by atoms with E-state index in [1.807, 2.05) is 0 Å². The number of carbonyl (C=O) groups excluding carboxylic acids is 2. The molecule has 0 rings (SSSR count). The van der Waals surface area contributed by atoms with Gasteiger partial charge in [0.25, 0.3) is 0 Å². The van der Waals surface area contributed by atoms with Crippen LogP contribution in [0, 0.1) is 0 Å². The van der Waals surface area contributed by atoms with E-state index < -0.39 is 23.4 Å². The molecule has 0 spiro atoms. The number of azo groups is 1. The van der Waals surface area contributed by atoms with Gasteiger partial charge in [0.2, 0.25) is 0 Å². The quantitative estimate of drug-likeness (QED) is 0.571. The summed E-state index contributed by atoms with van der Waals surface area (Å²) in [6.45, 7) is 6.67. The first-order valence-electron chi connectivity index (χ1n) is 5.23. The fraction of sp³-hybridized carbons (Fsp3) is 0.800. The molecule has 0 radical (unpaired) electrons. The van der Waals surface area contributed by atoms with Crippen molar-refractivity contribution in [2.45, 2.75) is 39.9 Å². The SMILES string of the molecule is CC(C)OC(=O)N=NC(=O)OC(C)C.C[S+](C)[O-]. The molecule has 0 aliphatic carbocycles. The first-order chi connectivity index (χ1) is 8.15. The van der Waals surface area contributed by atoms with Crippen molar-refractivity contribution in [2.24, 2.45) is 10.2 Å². The third-order valence-corrected chi connectivity index (χ3v) is 0.886. The molecule has 18 heavy (non-hydrogen) atoms. The Bertz CT molecular complexity index is 253. The number of carbonyl (C=O) groups is 2. The molecule has 0 saturated heterocycles. The molecule has 0 unspecified atom stereocenters. The average Bonchev–Trinajstić information content (AvgIpc) is 2.11. The van der Waals surface area contributed by atoms with Gasteiger partial charge in [-0.05, 0) is 27.7 Å². The van der Waals surface area contributed by atoms with Crippen molar-refractivity contribution in [1.82, 2.24) is 0 Å². The average molecular weight is 280 g/mol. The molecule has 0 fully saturated rings. The first kappa shape index (κ1) is 19.2. The van der Waals surface area contributed by atoms with E-state index in [2.05, 4.69) is 19.7 Å². The van der Waals surface area contributed by atoms with Crippen LogP contribution in [-0.2, 0) is 20.6 Å². The van der Waals surface area contributed by atoms with E-state index in [4.69, 9.17) is 0 Å². The first-order valence-corrected chi connectivity index (χ1v) is 7.19.